The molecule has 9 heteroatoms. The van der Waals surface area contributed by atoms with Crippen LogP contribution in [-0.4, -0.2) is 45.4 Å². The number of piperidine rings is 1. The van der Waals surface area contributed by atoms with Gasteiger partial charge in [-0.25, -0.2) is 21.9 Å². The first-order valence-corrected chi connectivity index (χ1v) is 10.7. The fourth-order valence-corrected chi connectivity index (χ4v) is 6.47. The van der Waals surface area contributed by atoms with Crippen LogP contribution in [0.3, 0.4) is 0 Å². The fourth-order valence-electron chi connectivity index (χ4n) is 3.21. The van der Waals surface area contributed by atoms with E-state index in [0.29, 0.717) is 41.2 Å². The highest BCUT2D eigenvalue weighted by Gasteiger charge is 2.28. The Balaban J connectivity index is 1.77. The van der Waals surface area contributed by atoms with Gasteiger partial charge < -0.3 is 0 Å². The van der Waals surface area contributed by atoms with Crippen LogP contribution in [0, 0.1) is 6.92 Å². The highest BCUT2D eigenvalue weighted by Crippen LogP contribution is 2.36. The monoisotopic (exact) mass is 408 g/mol. The van der Waals surface area contributed by atoms with Crippen molar-refractivity contribution in [2.24, 2.45) is 0 Å². The van der Waals surface area contributed by atoms with Crippen LogP contribution < -0.4 is 4.72 Å². The smallest absolute Gasteiger partial charge is 0.251 e. The number of aryl methyl sites for hydroxylation is 1. The Morgan fingerprint density at radius 3 is 2.68 bits per heavy atom. The summed E-state index contributed by atoms with van der Waals surface area (Å²) in [6, 6.07) is 4.98. The van der Waals surface area contributed by atoms with Crippen LogP contribution >= 0.6 is 22.9 Å². The normalized spacial score (nSPS) is 17.6. The van der Waals surface area contributed by atoms with Gasteiger partial charge in [-0.2, -0.15) is 0 Å². The average Bonchev–Trinajstić information content (AvgIpc) is 2.84. The third-order valence-corrected chi connectivity index (χ3v) is 7.50. The molecule has 1 aromatic heterocycles. The van der Waals surface area contributed by atoms with E-state index in [2.05, 4.69) is 4.72 Å². The second-order valence-electron chi connectivity index (χ2n) is 6.22. The topological polar surface area (TPSA) is 49.4 Å². The molecule has 1 fully saturated rings. The third-order valence-electron chi connectivity index (χ3n) is 4.34. The zero-order chi connectivity index (χ0) is 18.2. The molecular weight excluding hydrogens is 390 g/mol. The van der Waals surface area contributed by atoms with Crippen LogP contribution in [0.1, 0.15) is 17.7 Å². The minimum Gasteiger partial charge on any atom is -0.298 e. The standard InChI is InChI=1S/C16H19ClF2N2O2S2/c1-10-16(13-8-11(17)2-3-14(13)24-10)25(22,23)20-12-4-6-21(7-5-12)9-15(18)19/h2-3,8,12,15,20H,4-7,9H2,1H3. The summed E-state index contributed by atoms with van der Waals surface area (Å²) < 4.78 is 54.3. The van der Waals surface area contributed by atoms with Crippen molar-refractivity contribution < 1.29 is 17.2 Å². The molecule has 2 heterocycles. The molecule has 0 spiro atoms. The second kappa shape index (κ2) is 7.44. The first-order chi connectivity index (χ1) is 11.8. The highest BCUT2D eigenvalue weighted by molar-refractivity contribution is 7.90. The molecule has 25 heavy (non-hydrogen) atoms. The lowest BCUT2D eigenvalue weighted by Crippen LogP contribution is -2.45. The maximum absolute atomic E-state index is 12.9. The van der Waals surface area contributed by atoms with Crippen LogP contribution in [0.25, 0.3) is 10.1 Å². The molecule has 138 valence electrons. The molecule has 1 saturated heterocycles. The predicted molar refractivity (Wildman–Crippen MR) is 97.4 cm³/mol. The molecule has 0 saturated carbocycles. The van der Waals surface area contributed by atoms with Crippen molar-refractivity contribution in [2.75, 3.05) is 19.6 Å². The lowest BCUT2D eigenvalue weighted by Gasteiger charge is -2.31. The van der Waals surface area contributed by atoms with Crippen molar-refractivity contribution in [3.8, 4) is 0 Å². The van der Waals surface area contributed by atoms with Gasteiger partial charge in [0.25, 0.3) is 6.43 Å². The Bertz CT molecular complexity index is 862. The quantitative estimate of drug-likeness (QED) is 0.817. The van der Waals surface area contributed by atoms with E-state index in [1.165, 1.54) is 11.3 Å². The first-order valence-electron chi connectivity index (χ1n) is 7.98. The van der Waals surface area contributed by atoms with Gasteiger partial charge in [-0.05, 0) is 51.1 Å². The number of nitrogens with zero attached hydrogens (tertiary/aromatic N) is 1. The lowest BCUT2D eigenvalue weighted by molar-refractivity contribution is 0.0747. The lowest BCUT2D eigenvalue weighted by atomic mass is 10.1. The molecule has 2 aromatic rings. The van der Waals surface area contributed by atoms with E-state index in [1.807, 2.05) is 6.07 Å². The average molecular weight is 409 g/mol. The van der Waals surface area contributed by atoms with Crippen LogP contribution in [0.2, 0.25) is 5.02 Å². The number of thiophene rings is 1. The Morgan fingerprint density at radius 1 is 1.36 bits per heavy atom. The molecule has 1 N–H and O–H groups in total. The van der Waals surface area contributed by atoms with Gasteiger partial charge in [0.1, 0.15) is 4.90 Å². The summed E-state index contributed by atoms with van der Waals surface area (Å²) in [5, 5.41) is 1.11. The van der Waals surface area contributed by atoms with Crippen molar-refractivity contribution >= 4 is 43.0 Å². The molecular formula is C16H19ClF2N2O2S2. The van der Waals surface area contributed by atoms with Crippen molar-refractivity contribution in [1.29, 1.82) is 0 Å². The Labute approximate surface area is 154 Å². The molecule has 0 amide bonds. The number of alkyl halides is 2. The Hall–Kier alpha value is -0.800. The highest BCUT2D eigenvalue weighted by atomic mass is 35.5. The third kappa shape index (κ3) is 4.31. The van der Waals surface area contributed by atoms with Gasteiger partial charge in [0.2, 0.25) is 10.0 Å². The molecule has 0 bridgehead atoms. The fraction of sp³-hybridized carbons (Fsp3) is 0.500. The molecule has 0 radical (unpaired) electrons. The molecule has 0 unspecified atom stereocenters. The van der Waals surface area contributed by atoms with Gasteiger partial charge in [0.15, 0.2) is 0 Å². The number of likely N-dealkylation sites (tertiary alicyclic amines) is 1. The van der Waals surface area contributed by atoms with E-state index < -0.39 is 16.4 Å². The van der Waals surface area contributed by atoms with E-state index in [-0.39, 0.29) is 17.5 Å². The number of halogens is 3. The van der Waals surface area contributed by atoms with E-state index in [0.717, 1.165) is 4.70 Å². The number of hydrogen-bond acceptors (Lipinski definition) is 4. The van der Waals surface area contributed by atoms with Gasteiger partial charge in [-0.1, -0.05) is 11.6 Å². The predicted octanol–water partition coefficient (Wildman–Crippen LogP) is 3.87. The van der Waals surface area contributed by atoms with Crippen LogP contribution in [-0.2, 0) is 10.0 Å². The molecule has 0 aliphatic carbocycles. The SMILES string of the molecule is Cc1sc2ccc(Cl)cc2c1S(=O)(=O)NC1CCN(CC(F)F)CC1. The summed E-state index contributed by atoms with van der Waals surface area (Å²) in [4.78, 5) is 2.64. The molecule has 3 rings (SSSR count). The van der Waals surface area contributed by atoms with Gasteiger partial charge in [-0.15, -0.1) is 11.3 Å². The van der Waals surface area contributed by atoms with Crippen molar-refractivity contribution in [3.63, 3.8) is 0 Å². The van der Waals surface area contributed by atoms with Gasteiger partial charge in [0, 0.05) is 26.0 Å². The van der Waals surface area contributed by atoms with Crippen molar-refractivity contribution in [3.05, 3.63) is 28.1 Å². The maximum Gasteiger partial charge on any atom is 0.251 e. The summed E-state index contributed by atoms with van der Waals surface area (Å²) in [6.07, 6.45) is -1.32. The molecule has 4 nitrogen and oxygen atoms in total. The van der Waals surface area contributed by atoms with Gasteiger partial charge >= 0.3 is 0 Å². The summed E-state index contributed by atoms with van der Waals surface area (Å²) in [5.41, 5.74) is 0. The summed E-state index contributed by atoms with van der Waals surface area (Å²) in [6.45, 7) is 2.45. The first kappa shape index (κ1) is 19.0. The number of hydrogen-bond donors (Lipinski definition) is 1. The number of nitrogens with one attached hydrogen (secondary N) is 1. The van der Waals surface area contributed by atoms with E-state index >= 15 is 0 Å². The van der Waals surface area contributed by atoms with Crippen LogP contribution in [0.5, 0.6) is 0 Å². The zero-order valence-corrected chi connectivity index (χ0v) is 16.0. The van der Waals surface area contributed by atoms with E-state index in [4.69, 9.17) is 11.6 Å². The summed E-state index contributed by atoms with van der Waals surface area (Å²) in [7, 11) is -3.70. The number of fused-ring (bicyclic) bond motifs is 1. The van der Waals surface area contributed by atoms with Crippen LogP contribution in [0.4, 0.5) is 8.78 Å². The number of rotatable bonds is 5. The molecule has 0 atom stereocenters. The van der Waals surface area contributed by atoms with E-state index in [1.54, 1.807) is 24.0 Å². The Morgan fingerprint density at radius 2 is 2.04 bits per heavy atom. The number of sulfonamides is 1. The summed E-state index contributed by atoms with van der Waals surface area (Å²) in [5.74, 6) is 0. The minimum absolute atomic E-state index is 0.243. The van der Waals surface area contributed by atoms with Crippen LogP contribution in [0.15, 0.2) is 23.1 Å². The largest absolute Gasteiger partial charge is 0.298 e. The van der Waals surface area contributed by atoms with E-state index in [9.17, 15) is 17.2 Å². The van der Waals surface area contributed by atoms with Crippen molar-refractivity contribution in [1.82, 2.24) is 9.62 Å². The van der Waals surface area contributed by atoms with Gasteiger partial charge in [-0.3, -0.25) is 4.90 Å². The summed E-state index contributed by atoms with van der Waals surface area (Å²) >= 11 is 7.44. The van der Waals surface area contributed by atoms with Gasteiger partial charge in [0.05, 0.1) is 6.54 Å². The molecule has 1 aromatic carbocycles. The van der Waals surface area contributed by atoms with Crippen molar-refractivity contribution in [2.45, 2.75) is 37.1 Å². The second-order valence-corrected chi connectivity index (χ2v) is 9.56. The zero-order valence-electron chi connectivity index (χ0n) is 13.6. The minimum atomic E-state index is -3.70. The molecule has 1 aliphatic rings. The maximum atomic E-state index is 12.9. The Kier molecular flexibility index (Phi) is 5.65. The number of benzene rings is 1. The molecule has 1 aliphatic heterocycles.